The third-order valence-electron chi connectivity index (χ3n) is 3.95. The van der Waals surface area contributed by atoms with Gasteiger partial charge in [-0.25, -0.2) is 9.98 Å². The lowest BCUT2D eigenvalue weighted by Gasteiger charge is -2.23. The first-order chi connectivity index (χ1) is 10.8. The Bertz CT molecular complexity index is 615. The van der Waals surface area contributed by atoms with Crippen LogP contribution in [-0.4, -0.2) is 17.0 Å². The van der Waals surface area contributed by atoms with E-state index in [-0.39, 0.29) is 0 Å². The molecule has 2 aromatic rings. The van der Waals surface area contributed by atoms with E-state index < -0.39 is 0 Å². The van der Waals surface area contributed by atoms with Crippen molar-refractivity contribution in [3.8, 4) is 11.3 Å². The van der Waals surface area contributed by atoms with Crippen molar-refractivity contribution in [1.82, 2.24) is 10.3 Å². The van der Waals surface area contributed by atoms with E-state index in [4.69, 9.17) is 10.2 Å². The quantitative estimate of drug-likeness (QED) is 0.672. The van der Waals surface area contributed by atoms with Crippen LogP contribution in [-0.2, 0) is 6.54 Å². The van der Waals surface area contributed by atoms with Gasteiger partial charge in [0.2, 0.25) is 5.89 Å². The maximum Gasteiger partial charge on any atom is 0.216 e. The molecular weight excluding hydrogens is 276 g/mol. The van der Waals surface area contributed by atoms with Gasteiger partial charge in [0.05, 0.1) is 6.20 Å². The fourth-order valence-corrected chi connectivity index (χ4v) is 2.77. The van der Waals surface area contributed by atoms with Crippen LogP contribution in [0, 0.1) is 0 Å². The maximum absolute atomic E-state index is 5.94. The molecular formula is C17H22N4O. The number of oxazole rings is 1. The van der Waals surface area contributed by atoms with Crippen molar-refractivity contribution in [1.29, 1.82) is 0 Å². The highest BCUT2D eigenvalue weighted by atomic mass is 16.4. The van der Waals surface area contributed by atoms with Gasteiger partial charge in [0.15, 0.2) is 11.7 Å². The largest absolute Gasteiger partial charge is 0.439 e. The monoisotopic (exact) mass is 298 g/mol. The molecule has 0 unspecified atom stereocenters. The average Bonchev–Trinajstić information content (AvgIpc) is 3.04. The van der Waals surface area contributed by atoms with E-state index in [2.05, 4.69) is 15.3 Å². The van der Waals surface area contributed by atoms with Gasteiger partial charge in [-0.1, -0.05) is 49.6 Å². The number of nitrogens with zero attached hydrogens (tertiary/aromatic N) is 2. The van der Waals surface area contributed by atoms with E-state index in [1.807, 2.05) is 30.3 Å². The van der Waals surface area contributed by atoms with Crippen molar-refractivity contribution in [2.45, 2.75) is 44.7 Å². The van der Waals surface area contributed by atoms with E-state index in [1.165, 1.54) is 32.1 Å². The number of hydrogen-bond acceptors (Lipinski definition) is 3. The topological polar surface area (TPSA) is 76.4 Å². The summed E-state index contributed by atoms with van der Waals surface area (Å²) in [5.74, 6) is 1.81. The predicted octanol–water partition coefficient (Wildman–Crippen LogP) is 3.08. The zero-order chi connectivity index (χ0) is 15.2. The first-order valence-electron chi connectivity index (χ1n) is 7.88. The number of guanidine groups is 1. The van der Waals surface area contributed by atoms with Gasteiger partial charge >= 0.3 is 0 Å². The molecule has 5 heteroatoms. The van der Waals surface area contributed by atoms with Crippen LogP contribution in [0.2, 0.25) is 0 Å². The number of nitrogens with one attached hydrogen (secondary N) is 1. The Balaban J connectivity index is 1.57. The summed E-state index contributed by atoms with van der Waals surface area (Å²) in [6, 6.07) is 10.4. The number of aromatic nitrogens is 1. The Morgan fingerprint density at radius 2 is 2.00 bits per heavy atom. The number of rotatable bonds is 4. The second kappa shape index (κ2) is 7.11. The normalized spacial score (nSPS) is 16.6. The summed E-state index contributed by atoms with van der Waals surface area (Å²) in [6.07, 6.45) is 7.94. The fraction of sp³-hybridized carbons (Fsp3) is 0.412. The zero-order valence-corrected chi connectivity index (χ0v) is 12.7. The number of benzene rings is 1. The van der Waals surface area contributed by atoms with Crippen LogP contribution in [0.5, 0.6) is 0 Å². The van der Waals surface area contributed by atoms with Gasteiger partial charge in [0.1, 0.15) is 6.54 Å². The van der Waals surface area contributed by atoms with Crippen molar-refractivity contribution in [3.05, 3.63) is 42.4 Å². The predicted molar refractivity (Wildman–Crippen MR) is 87.3 cm³/mol. The van der Waals surface area contributed by atoms with Crippen LogP contribution in [0.4, 0.5) is 0 Å². The number of aliphatic imine (C=N–C) groups is 1. The number of nitrogens with two attached hydrogens (primary N) is 1. The van der Waals surface area contributed by atoms with Crippen LogP contribution in [0.25, 0.3) is 11.3 Å². The maximum atomic E-state index is 5.94. The van der Waals surface area contributed by atoms with Crippen molar-refractivity contribution < 1.29 is 4.42 Å². The average molecular weight is 298 g/mol. The van der Waals surface area contributed by atoms with Crippen molar-refractivity contribution >= 4 is 5.96 Å². The summed E-state index contributed by atoms with van der Waals surface area (Å²) in [4.78, 5) is 8.58. The summed E-state index contributed by atoms with van der Waals surface area (Å²) in [5, 5.41) is 3.29. The molecule has 0 amide bonds. The lowest BCUT2D eigenvalue weighted by atomic mass is 9.96. The molecule has 1 aromatic carbocycles. The Morgan fingerprint density at radius 3 is 2.77 bits per heavy atom. The zero-order valence-electron chi connectivity index (χ0n) is 12.7. The highest BCUT2D eigenvalue weighted by Gasteiger charge is 2.13. The molecule has 1 aromatic heterocycles. The van der Waals surface area contributed by atoms with E-state index in [1.54, 1.807) is 6.20 Å². The van der Waals surface area contributed by atoms with Crippen LogP contribution < -0.4 is 11.1 Å². The first kappa shape index (κ1) is 14.6. The third-order valence-corrected chi connectivity index (χ3v) is 3.95. The molecule has 1 aliphatic rings. The summed E-state index contributed by atoms with van der Waals surface area (Å²) < 4.78 is 5.71. The van der Waals surface area contributed by atoms with Crippen LogP contribution in [0.15, 0.2) is 45.9 Å². The van der Waals surface area contributed by atoms with E-state index in [0.717, 1.165) is 11.3 Å². The SMILES string of the molecule is NC(=NCc1ncc(-c2ccccc2)o1)NC1CCCCC1. The highest BCUT2D eigenvalue weighted by Crippen LogP contribution is 2.20. The molecule has 1 aliphatic carbocycles. The number of hydrogen-bond donors (Lipinski definition) is 2. The van der Waals surface area contributed by atoms with Gasteiger partial charge in [-0.15, -0.1) is 0 Å². The van der Waals surface area contributed by atoms with Crippen molar-refractivity contribution in [2.75, 3.05) is 0 Å². The van der Waals surface area contributed by atoms with E-state index >= 15 is 0 Å². The molecule has 22 heavy (non-hydrogen) atoms. The smallest absolute Gasteiger partial charge is 0.216 e. The van der Waals surface area contributed by atoms with Gasteiger partial charge in [-0.2, -0.15) is 0 Å². The van der Waals surface area contributed by atoms with Gasteiger partial charge in [-0.05, 0) is 12.8 Å². The van der Waals surface area contributed by atoms with Crippen LogP contribution >= 0.6 is 0 Å². The Morgan fingerprint density at radius 1 is 1.23 bits per heavy atom. The minimum atomic E-state index is 0.360. The van der Waals surface area contributed by atoms with Crippen molar-refractivity contribution in [2.24, 2.45) is 10.7 Å². The minimum Gasteiger partial charge on any atom is -0.439 e. The van der Waals surface area contributed by atoms with Crippen molar-refractivity contribution in [3.63, 3.8) is 0 Å². The summed E-state index contributed by atoms with van der Waals surface area (Å²) in [6.45, 7) is 0.360. The fourth-order valence-electron chi connectivity index (χ4n) is 2.77. The molecule has 1 saturated carbocycles. The lowest BCUT2D eigenvalue weighted by Crippen LogP contribution is -2.41. The molecule has 5 nitrogen and oxygen atoms in total. The minimum absolute atomic E-state index is 0.360. The molecule has 0 aliphatic heterocycles. The molecule has 0 radical (unpaired) electrons. The molecule has 0 saturated heterocycles. The third kappa shape index (κ3) is 3.87. The summed E-state index contributed by atoms with van der Waals surface area (Å²) in [7, 11) is 0. The second-order valence-electron chi connectivity index (χ2n) is 5.67. The molecule has 0 spiro atoms. The van der Waals surface area contributed by atoms with Gasteiger partial charge in [0.25, 0.3) is 0 Å². The summed E-state index contributed by atoms with van der Waals surface area (Å²) in [5.41, 5.74) is 6.95. The lowest BCUT2D eigenvalue weighted by molar-refractivity contribution is 0.412. The highest BCUT2D eigenvalue weighted by molar-refractivity contribution is 5.78. The molecule has 0 atom stereocenters. The van der Waals surface area contributed by atoms with Gasteiger partial charge in [0, 0.05) is 11.6 Å². The molecule has 1 fully saturated rings. The second-order valence-corrected chi connectivity index (χ2v) is 5.67. The van der Waals surface area contributed by atoms with Crippen LogP contribution in [0.1, 0.15) is 38.0 Å². The first-order valence-corrected chi connectivity index (χ1v) is 7.88. The van der Waals surface area contributed by atoms with Crippen LogP contribution in [0.3, 0.4) is 0 Å². The Hall–Kier alpha value is -2.30. The van der Waals surface area contributed by atoms with E-state index in [0.29, 0.717) is 24.4 Å². The molecule has 1 heterocycles. The summed E-state index contributed by atoms with van der Waals surface area (Å²) >= 11 is 0. The molecule has 3 rings (SSSR count). The van der Waals surface area contributed by atoms with Gasteiger partial charge in [-0.3, -0.25) is 0 Å². The van der Waals surface area contributed by atoms with E-state index in [9.17, 15) is 0 Å². The van der Waals surface area contributed by atoms with Gasteiger partial charge < -0.3 is 15.5 Å². The Labute approximate surface area is 130 Å². The molecule has 3 N–H and O–H groups in total. The molecule has 116 valence electrons. The molecule has 0 bridgehead atoms. The Kier molecular flexibility index (Phi) is 4.73. The standard InChI is InChI=1S/C17H22N4O/c18-17(21-14-9-5-2-6-10-14)20-12-16-19-11-15(22-16)13-7-3-1-4-8-13/h1,3-4,7-8,11,14H,2,5-6,9-10,12H2,(H3,18,20,21).